The average molecular weight is 263 g/mol. The van der Waals surface area contributed by atoms with Crippen molar-refractivity contribution in [2.24, 2.45) is 0 Å². The summed E-state index contributed by atoms with van der Waals surface area (Å²) in [5.41, 5.74) is 0. The molecule has 0 N–H and O–H groups in total. The summed E-state index contributed by atoms with van der Waals surface area (Å²) < 4.78 is 0. The van der Waals surface area contributed by atoms with E-state index in [4.69, 9.17) is 0 Å². The van der Waals surface area contributed by atoms with Crippen molar-refractivity contribution in [1.29, 1.82) is 0 Å². The van der Waals surface area contributed by atoms with E-state index in [0.717, 1.165) is 6.42 Å². The van der Waals surface area contributed by atoms with Gasteiger partial charge in [-0.25, -0.2) is 0 Å². The van der Waals surface area contributed by atoms with Crippen LogP contribution >= 0.6 is 19.8 Å². The van der Waals surface area contributed by atoms with Crippen LogP contribution in [0.2, 0.25) is 0 Å². The molecule has 0 saturated heterocycles. The molecule has 0 aliphatic carbocycles. The monoisotopic (exact) mass is 262 g/mol. The maximum absolute atomic E-state index is 3.68. The van der Waals surface area contributed by atoms with Crippen LogP contribution in [-0.4, -0.2) is 0 Å². The van der Waals surface area contributed by atoms with Crippen molar-refractivity contribution in [2.45, 2.75) is 26.2 Å². The minimum absolute atomic E-state index is 1.09. The summed E-state index contributed by atoms with van der Waals surface area (Å²) in [6, 6.07) is 0. The van der Waals surface area contributed by atoms with E-state index in [2.05, 4.69) is 33.6 Å². The number of unbranched alkanes of at least 4 members (excludes halogenated alkanes) is 2. The number of hydrogen-bond acceptors (Lipinski definition) is 0. The third-order valence-corrected chi connectivity index (χ3v) is 0.604. The standard InChI is InChI=1S/C5H11.HI.Zn/c1-3-5-4-2;;/h1,3-5H2,2H3;1H;/q-1;;+2/p-1. The third-order valence-electron chi connectivity index (χ3n) is 0.604. The van der Waals surface area contributed by atoms with Crippen molar-refractivity contribution in [1.82, 2.24) is 0 Å². The van der Waals surface area contributed by atoms with Crippen molar-refractivity contribution >= 4 is 19.8 Å². The molecule has 2 heteroatoms. The second-order valence-electron chi connectivity index (χ2n) is 1.21. The van der Waals surface area contributed by atoms with Gasteiger partial charge in [-0.1, -0.05) is 19.8 Å². The molecule has 0 spiro atoms. The Morgan fingerprint density at radius 3 is 2.00 bits per heavy atom. The molecule has 40 valence electrons. The quantitative estimate of drug-likeness (QED) is 0.408. The van der Waals surface area contributed by atoms with Crippen LogP contribution in [0, 0.1) is 6.92 Å². The molecular weight excluding hydrogens is 252 g/mol. The Hall–Kier alpha value is 1.35. The van der Waals surface area contributed by atoms with Gasteiger partial charge in [0.2, 0.25) is 0 Å². The molecule has 0 saturated carbocycles. The number of rotatable bonds is 2. The molecule has 0 radical (unpaired) electrons. The van der Waals surface area contributed by atoms with Crippen LogP contribution in [0.25, 0.3) is 0 Å². The Bertz CT molecular complexity index is 15.6. The summed E-state index contributed by atoms with van der Waals surface area (Å²) in [7, 11) is 0. The first-order valence-electron chi connectivity index (χ1n) is 2.47. The zero-order chi connectivity index (χ0) is 6.12. The molecule has 0 aromatic rings. The molecule has 0 atom stereocenters. The molecule has 0 bridgehead atoms. The molecule has 0 aromatic carbocycles. The molecule has 0 nitrogen and oxygen atoms in total. The van der Waals surface area contributed by atoms with Gasteiger partial charge >= 0.3 is 34.5 Å². The summed E-state index contributed by atoms with van der Waals surface area (Å²) >= 11 is 3.62. The molecular formula is C5H11IZn. The Labute approximate surface area is 67.3 Å². The molecule has 0 unspecified atom stereocenters. The molecule has 0 amide bonds. The van der Waals surface area contributed by atoms with Crippen LogP contribution in [0.1, 0.15) is 26.2 Å². The summed E-state index contributed by atoms with van der Waals surface area (Å²) in [5.74, 6) is 0. The summed E-state index contributed by atoms with van der Waals surface area (Å²) in [6.45, 7) is 5.85. The van der Waals surface area contributed by atoms with Gasteiger partial charge in [0.1, 0.15) is 0 Å². The SMILES string of the molecule is [CH2-]CCCC.[Zn+][I]. The van der Waals surface area contributed by atoms with Gasteiger partial charge in [-0.15, -0.1) is 0 Å². The second kappa shape index (κ2) is 15.7. The Balaban J connectivity index is 0. The average Bonchev–Trinajstić information content (AvgIpc) is 1.75. The second-order valence-corrected chi connectivity index (χ2v) is 1.21. The van der Waals surface area contributed by atoms with Crippen molar-refractivity contribution in [3.8, 4) is 0 Å². The van der Waals surface area contributed by atoms with E-state index in [-0.39, 0.29) is 0 Å². The van der Waals surface area contributed by atoms with Crippen LogP contribution in [0.4, 0.5) is 0 Å². The first kappa shape index (κ1) is 11.2. The van der Waals surface area contributed by atoms with Crippen molar-refractivity contribution < 1.29 is 14.8 Å². The molecule has 0 aliphatic heterocycles. The van der Waals surface area contributed by atoms with Gasteiger partial charge < -0.3 is 6.92 Å². The van der Waals surface area contributed by atoms with Gasteiger partial charge in [0.15, 0.2) is 0 Å². The van der Waals surface area contributed by atoms with Gasteiger partial charge in [0, 0.05) is 0 Å². The minimum atomic E-state index is 1.09. The summed E-state index contributed by atoms with van der Waals surface area (Å²) in [5, 5.41) is 0. The Morgan fingerprint density at radius 2 is 2.00 bits per heavy atom. The van der Waals surface area contributed by atoms with E-state index in [0.29, 0.717) is 0 Å². The first-order valence-corrected chi connectivity index (χ1v) is 11.5. The van der Waals surface area contributed by atoms with Crippen molar-refractivity contribution in [3.05, 3.63) is 6.92 Å². The topological polar surface area (TPSA) is 0 Å². The van der Waals surface area contributed by atoms with E-state index < -0.39 is 0 Å². The fourth-order valence-electron chi connectivity index (χ4n) is 0.250. The molecule has 0 rings (SSSR count). The number of hydrogen-bond donors (Lipinski definition) is 0. The van der Waals surface area contributed by atoms with E-state index in [1.807, 2.05) is 0 Å². The van der Waals surface area contributed by atoms with E-state index in [9.17, 15) is 0 Å². The zero-order valence-corrected chi connectivity index (χ0v) is 10.0. The van der Waals surface area contributed by atoms with Crippen molar-refractivity contribution in [3.63, 3.8) is 0 Å². The predicted octanol–water partition coefficient (Wildman–Crippen LogP) is 2.89. The van der Waals surface area contributed by atoms with Crippen LogP contribution in [0.3, 0.4) is 0 Å². The molecule has 7 heavy (non-hydrogen) atoms. The van der Waals surface area contributed by atoms with Crippen LogP contribution < -0.4 is 0 Å². The maximum atomic E-state index is 3.68. The summed E-state index contributed by atoms with van der Waals surface area (Å²) in [6.07, 6.45) is 3.65. The first-order chi connectivity index (χ1) is 3.41. The van der Waals surface area contributed by atoms with Gasteiger partial charge in [0.25, 0.3) is 0 Å². The predicted molar refractivity (Wildman–Crippen MR) is 38.9 cm³/mol. The molecule has 0 heterocycles. The van der Waals surface area contributed by atoms with Crippen LogP contribution in [0.5, 0.6) is 0 Å². The van der Waals surface area contributed by atoms with Gasteiger partial charge in [0.05, 0.1) is 0 Å². The van der Waals surface area contributed by atoms with Gasteiger partial charge in [-0.05, 0) is 0 Å². The Kier molecular flexibility index (Phi) is 25.0. The third kappa shape index (κ3) is 18.7. The van der Waals surface area contributed by atoms with Crippen LogP contribution in [-0.2, 0) is 14.8 Å². The fraction of sp³-hybridized carbons (Fsp3) is 0.800. The van der Waals surface area contributed by atoms with Gasteiger partial charge in [-0.2, -0.15) is 6.42 Å². The van der Waals surface area contributed by atoms with Gasteiger partial charge in [-0.3, -0.25) is 0 Å². The van der Waals surface area contributed by atoms with E-state index in [1.54, 1.807) is 0 Å². The van der Waals surface area contributed by atoms with Crippen molar-refractivity contribution in [2.75, 3.05) is 0 Å². The normalized spacial score (nSPS) is 7.00. The van der Waals surface area contributed by atoms with E-state index in [1.165, 1.54) is 27.6 Å². The fourth-order valence-corrected chi connectivity index (χ4v) is 0.250. The molecule has 0 fully saturated rings. The zero-order valence-electron chi connectivity index (χ0n) is 4.91. The number of halogens is 1. The van der Waals surface area contributed by atoms with Crippen LogP contribution in [0.15, 0.2) is 0 Å². The molecule has 0 aliphatic rings. The Morgan fingerprint density at radius 1 is 1.57 bits per heavy atom. The summed E-state index contributed by atoms with van der Waals surface area (Å²) in [4.78, 5) is 0. The molecule has 0 aromatic heterocycles. The van der Waals surface area contributed by atoms with E-state index >= 15 is 0 Å².